The Hall–Kier alpha value is -3.47. The van der Waals surface area contributed by atoms with Gasteiger partial charge < -0.3 is 9.40 Å². The van der Waals surface area contributed by atoms with E-state index in [1.807, 2.05) is 0 Å². The molecule has 0 fully saturated rings. The number of aromatic nitrogens is 1. The molecule has 0 atom stereocenters. The maximum Gasteiger partial charge on any atom is 0.347 e. The number of fused-ring (bicyclic) bond motifs is 2. The average molecular weight is 317 g/mol. The molecule has 4 rings (SSSR count). The number of rotatable bonds is 2. The van der Waals surface area contributed by atoms with E-state index in [0.29, 0.717) is 21.9 Å². The summed E-state index contributed by atoms with van der Waals surface area (Å²) in [6.07, 6.45) is 0. The smallest absolute Gasteiger partial charge is 0.347 e. The Morgan fingerprint density at radius 3 is 2.33 bits per heavy atom. The summed E-state index contributed by atoms with van der Waals surface area (Å²) in [5, 5.41) is 1.34. The van der Waals surface area contributed by atoms with E-state index in [-0.39, 0.29) is 11.1 Å². The summed E-state index contributed by atoms with van der Waals surface area (Å²) in [7, 11) is 0. The van der Waals surface area contributed by atoms with Gasteiger partial charge in [0.25, 0.3) is 5.56 Å². The molecule has 4 aromatic rings. The van der Waals surface area contributed by atoms with Crippen LogP contribution < -0.4 is 11.2 Å². The first kappa shape index (κ1) is 14.1. The molecule has 2 aromatic heterocycles. The van der Waals surface area contributed by atoms with Crippen LogP contribution in [-0.4, -0.2) is 10.8 Å². The highest BCUT2D eigenvalue weighted by Crippen LogP contribution is 2.16. The number of benzene rings is 2. The number of nitrogens with one attached hydrogen (secondary N) is 1. The van der Waals surface area contributed by atoms with Crippen molar-refractivity contribution in [3.63, 3.8) is 0 Å². The average Bonchev–Trinajstić information content (AvgIpc) is 2.60. The van der Waals surface area contributed by atoms with Crippen molar-refractivity contribution in [1.29, 1.82) is 0 Å². The molecule has 0 bridgehead atoms. The van der Waals surface area contributed by atoms with E-state index in [1.165, 1.54) is 12.1 Å². The standard InChI is InChI=1S/C19H11NO4/c21-17(13-9-11-5-1-3-7-15(11)20-18(13)22)14-10-12-6-2-4-8-16(12)24-19(14)23/h1-10H,(H,20,22). The molecular weight excluding hydrogens is 306 g/mol. The summed E-state index contributed by atoms with van der Waals surface area (Å²) in [4.78, 5) is 39.7. The van der Waals surface area contributed by atoms with Gasteiger partial charge in [-0.1, -0.05) is 36.4 Å². The van der Waals surface area contributed by atoms with Crippen LogP contribution in [-0.2, 0) is 0 Å². The quantitative estimate of drug-likeness (QED) is 0.455. The molecule has 1 N–H and O–H groups in total. The number of H-pyrrole nitrogens is 1. The summed E-state index contributed by atoms with van der Waals surface area (Å²) in [6, 6.07) is 17.0. The van der Waals surface area contributed by atoms with Gasteiger partial charge >= 0.3 is 5.63 Å². The fraction of sp³-hybridized carbons (Fsp3) is 0. The van der Waals surface area contributed by atoms with Gasteiger partial charge in [-0.2, -0.15) is 0 Å². The lowest BCUT2D eigenvalue weighted by atomic mass is 10.0. The van der Waals surface area contributed by atoms with E-state index < -0.39 is 17.0 Å². The topological polar surface area (TPSA) is 80.1 Å². The van der Waals surface area contributed by atoms with Crippen LogP contribution >= 0.6 is 0 Å². The van der Waals surface area contributed by atoms with Crippen molar-refractivity contribution >= 4 is 27.7 Å². The first-order chi connectivity index (χ1) is 11.6. The zero-order chi connectivity index (χ0) is 16.7. The molecule has 0 unspecified atom stereocenters. The van der Waals surface area contributed by atoms with Crippen LogP contribution in [0.2, 0.25) is 0 Å². The second kappa shape index (κ2) is 5.31. The SMILES string of the molecule is O=C(c1cc2ccccc2[nH]c1=O)c1cc2ccccc2oc1=O. The highest BCUT2D eigenvalue weighted by molar-refractivity contribution is 6.10. The Balaban J connectivity index is 1.93. The molecule has 5 heteroatoms. The minimum Gasteiger partial charge on any atom is -0.422 e. The second-order valence-corrected chi connectivity index (χ2v) is 5.41. The van der Waals surface area contributed by atoms with Crippen LogP contribution in [0.4, 0.5) is 0 Å². The maximum absolute atomic E-state index is 12.7. The predicted molar refractivity (Wildman–Crippen MR) is 90.5 cm³/mol. The number of aromatic amines is 1. The number of carbonyl (C=O) groups excluding carboxylic acids is 1. The van der Waals surface area contributed by atoms with Crippen LogP contribution in [0.5, 0.6) is 0 Å². The number of para-hydroxylation sites is 2. The summed E-state index contributed by atoms with van der Waals surface area (Å²) < 4.78 is 5.17. The van der Waals surface area contributed by atoms with Crippen LogP contribution in [0.3, 0.4) is 0 Å². The number of hydrogen-bond acceptors (Lipinski definition) is 4. The Kier molecular flexibility index (Phi) is 3.13. The molecule has 0 radical (unpaired) electrons. The van der Waals surface area contributed by atoms with Crippen LogP contribution in [0.15, 0.2) is 74.7 Å². The van der Waals surface area contributed by atoms with Gasteiger partial charge in [-0.25, -0.2) is 4.79 Å². The van der Waals surface area contributed by atoms with Crippen LogP contribution in [0.25, 0.3) is 21.9 Å². The van der Waals surface area contributed by atoms with Gasteiger partial charge in [0.2, 0.25) is 5.78 Å². The van der Waals surface area contributed by atoms with E-state index in [4.69, 9.17) is 4.42 Å². The zero-order valence-corrected chi connectivity index (χ0v) is 12.4. The van der Waals surface area contributed by atoms with E-state index >= 15 is 0 Å². The molecular formula is C19H11NO4. The number of ketones is 1. The molecule has 0 aliphatic rings. The molecule has 0 saturated carbocycles. The minimum absolute atomic E-state index is 0.0868. The third-order valence-corrected chi connectivity index (χ3v) is 3.88. The number of hydrogen-bond donors (Lipinski definition) is 1. The monoisotopic (exact) mass is 317 g/mol. The van der Waals surface area contributed by atoms with Gasteiger partial charge in [-0.15, -0.1) is 0 Å². The Bertz CT molecular complexity index is 1120. The van der Waals surface area contributed by atoms with E-state index in [1.54, 1.807) is 48.5 Å². The van der Waals surface area contributed by atoms with Gasteiger partial charge in [-0.05, 0) is 29.7 Å². The van der Waals surface area contributed by atoms with Gasteiger partial charge in [-0.3, -0.25) is 9.59 Å². The van der Waals surface area contributed by atoms with Gasteiger partial charge in [0.15, 0.2) is 0 Å². The van der Waals surface area contributed by atoms with Gasteiger partial charge in [0, 0.05) is 10.9 Å². The van der Waals surface area contributed by atoms with Crippen molar-refractivity contribution in [3.05, 3.63) is 92.6 Å². The molecule has 0 aliphatic heterocycles. The molecule has 0 aliphatic carbocycles. The van der Waals surface area contributed by atoms with Crippen LogP contribution in [0.1, 0.15) is 15.9 Å². The Morgan fingerprint density at radius 1 is 0.833 bits per heavy atom. The van der Waals surface area contributed by atoms with E-state index in [0.717, 1.165) is 0 Å². The fourth-order valence-corrected chi connectivity index (χ4v) is 2.68. The molecule has 0 amide bonds. The molecule has 2 aromatic carbocycles. The van der Waals surface area contributed by atoms with E-state index in [9.17, 15) is 14.4 Å². The van der Waals surface area contributed by atoms with Crippen LogP contribution in [0, 0.1) is 0 Å². The van der Waals surface area contributed by atoms with Crippen molar-refractivity contribution in [1.82, 2.24) is 4.98 Å². The summed E-state index contributed by atoms with van der Waals surface area (Å²) in [6.45, 7) is 0. The molecule has 0 spiro atoms. The van der Waals surface area contributed by atoms with E-state index in [2.05, 4.69) is 4.98 Å². The summed E-state index contributed by atoms with van der Waals surface area (Å²) in [5.74, 6) is -0.651. The highest BCUT2D eigenvalue weighted by atomic mass is 16.4. The van der Waals surface area contributed by atoms with Crippen molar-refractivity contribution in [2.45, 2.75) is 0 Å². The van der Waals surface area contributed by atoms with Crippen molar-refractivity contribution < 1.29 is 9.21 Å². The highest BCUT2D eigenvalue weighted by Gasteiger charge is 2.19. The van der Waals surface area contributed by atoms with Crippen molar-refractivity contribution in [2.24, 2.45) is 0 Å². The first-order valence-electron chi connectivity index (χ1n) is 7.33. The third-order valence-electron chi connectivity index (χ3n) is 3.88. The summed E-state index contributed by atoms with van der Waals surface area (Å²) >= 11 is 0. The lowest BCUT2D eigenvalue weighted by Crippen LogP contribution is -2.22. The molecule has 2 heterocycles. The molecule has 0 saturated heterocycles. The lowest BCUT2D eigenvalue weighted by molar-refractivity contribution is 0.103. The van der Waals surface area contributed by atoms with Crippen molar-refractivity contribution in [3.8, 4) is 0 Å². The lowest BCUT2D eigenvalue weighted by Gasteiger charge is -2.03. The van der Waals surface area contributed by atoms with Gasteiger partial charge in [0.1, 0.15) is 11.1 Å². The molecule has 116 valence electrons. The van der Waals surface area contributed by atoms with Gasteiger partial charge in [0.05, 0.1) is 5.56 Å². The largest absolute Gasteiger partial charge is 0.422 e. The Morgan fingerprint density at radius 2 is 1.50 bits per heavy atom. The normalized spacial score (nSPS) is 11.0. The first-order valence-corrected chi connectivity index (χ1v) is 7.33. The molecule has 24 heavy (non-hydrogen) atoms. The number of carbonyl (C=O) groups is 1. The zero-order valence-electron chi connectivity index (χ0n) is 12.4. The third kappa shape index (κ3) is 2.23. The van der Waals surface area contributed by atoms with Crippen molar-refractivity contribution in [2.75, 3.05) is 0 Å². The predicted octanol–water partition coefficient (Wildman–Crippen LogP) is 2.87. The second-order valence-electron chi connectivity index (χ2n) is 5.41. The fourth-order valence-electron chi connectivity index (χ4n) is 2.68. The summed E-state index contributed by atoms with van der Waals surface area (Å²) in [5.41, 5.74) is -0.514. The number of pyridine rings is 1. The minimum atomic E-state index is -0.758. The molecule has 5 nitrogen and oxygen atoms in total. The Labute approximate surface area is 135 Å². The maximum atomic E-state index is 12.7.